The highest BCUT2D eigenvalue weighted by Gasteiger charge is 2.29. The maximum absolute atomic E-state index is 12.8. The van der Waals surface area contributed by atoms with Crippen LogP contribution in [0.5, 0.6) is 0 Å². The van der Waals surface area contributed by atoms with Crippen molar-refractivity contribution in [2.45, 2.75) is 6.42 Å². The van der Waals surface area contributed by atoms with Crippen molar-refractivity contribution in [3.8, 4) is 0 Å². The van der Waals surface area contributed by atoms with Crippen molar-refractivity contribution < 1.29 is 4.79 Å². The van der Waals surface area contributed by atoms with Gasteiger partial charge >= 0.3 is 0 Å². The number of nitrogens with zero attached hydrogens (tertiary/aromatic N) is 4. The highest BCUT2D eigenvalue weighted by Crippen LogP contribution is 2.37. The van der Waals surface area contributed by atoms with Gasteiger partial charge in [-0.15, -0.1) is 11.3 Å². The van der Waals surface area contributed by atoms with Crippen LogP contribution < -0.4 is 5.01 Å². The number of carbonyl (C=O) groups excluding carboxylic acids is 1. The highest BCUT2D eigenvalue weighted by atomic mass is 79.9. The second-order valence-electron chi connectivity index (χ2n) is 5.31. The molecule has 23 heavy (non-hydrogen) atoms. The Labute approximate surface area is 150 Å². The van der Waals surface area contributed by atoms with Gasteiger partial charge in [0.05, 0.1) is 20.0 Å². The minimum Gasteiger partial charge on any atom is -0.285 e. The van der Waals surface area contributed by atoms with E-state index in [-0.39, 0.29) is 5.91 Å². The molecular weight excluding hydrogens is 400 g/mol. The predicted octanol–water partition coefficient (Wildman–Crippen LogP) is 3.86. The fourth-order valence-electron chi connectivity index (χ4n) is 2.76. The molecule has 1 aliphatic heterocycles. The maximum Gasteiger partial charge on any atom is 0.292 e. The summed E-state index contributed by atoms with van der Waals surface area (Å²) in [4.78, 5) is 14.1. The number of fused-ring (bicyclic) bond motifs is 2. The molecule has 1 aliphatic rings. The summed E-state index contributed by atoms with van der Waals surface area (Å²) in [6, 6.07) is 7.46. The molecule has 0 aromatic carbocycles. The fraction of sp³-hybridized carbons (Fsp3) is 0.200. The second kappa shape index (κ2) is 5.51. The van der Waals surface area contributed by atoms with Crippen LogP contribution in [0.3, 0.4) is 0 Å². The Kier molecular flexibility index (Phi) is 3.59. The van der Waals surface area contributed by atoms with E-state index in [9.17, 15) is 4.79 Å². The molecule has 0 fully saturated rings. The average Bonchev–Trinajstić information content (AvgIpc) is 3.09. The van der Waals surface area contributed by atoms with Crippen LogP contribution in [0.25, 0.3) is 5.52 Å². The smallest absolute Gasteiger partial charge is 0.285 e. The van der Waals surface area contributed by atoms with Gasteiger partial charge in [-0.25, -0.2) is 9.52 Å². The van der Waals surface area contributed by atoms with Gasteiger partial charge in [0, 0.05) is 31.1 Å². The molecule has 0 aliphatic carbocycles. The number of carbonyl (C=O) groups is 1. The van der Waals surface area contributed by atoms with Gasteiger partial charge in [-0.2, -0.15) is 5.10 Å². The summed E-state index contributed by atoms with van der Waals surface area (Å²) in [5.41, 5.74) is 2.32. The molecule has 3 aromatic rings. The molecule has 0 N–H and O–H groups in total. The summed E-state index contributed by atoms with van der Waals surface area (Å²) < 4.78 is 2.71. The lowest BCUT2D eigenvalue weighted by molar-refractivity contribution is 0.0733. The molecule has 0 radical (unpaired) electrons. The van der Waals surface area contributed by atoms with Crippen LogP contribution in [0.4, 0.5) is 5.69 Å². The number of anilines is 1. The average molecular weight is 412 g/mol. The molecule has 0 bridgehead atoms. The number of pyridine rings is 1. The van der Waals surface area contributed by atoms with Crippen LogP contribution in [-0.2, 0) is 6.42 Å². The minimum absolute atomic E-state index is 0.111. The lowest BCUT2D eigenvalue weighted by Gasteiger charge is -2.36. The van der Waals surface area contributed by atoms with E-state index in [1.165, 1.54) is 4.88 Å². The van der Waals surface area contributed by atoms with Crippen LogP contribution in [0.1, 0.15) is 15.4 Å². The number of amides is 1. The standard InChI is InChI=1S/C15H12BrClN4OS/c1-19-12-7-14(16)23-13(12)4-5-21(19)15(22)11-6-10-3-2-9(17)8-20(10)18-11/h2-3,6-8H,4-5H2,1H3. The maximum atomic E-state index is 12.8. The van der Waals surface area contributed by atoms with Crippen LogP contribution in [-0.4, -0.2) is 34.1 Å². The normalized spacial score (nSPS) is 14.4. The number of halogens is 2. The first-order chi connectivity index (χ1) is 11.0. The first kappa shape index (κ1) is 15.0. The first-order valence-corrected chi connectivity index (χ1v) is 9.00. The second-order valence-corrected chi connectivity index (χ2v) is 8.26. The summed E-state index contributed by atoms with van der Waals surface area (Å²) in [5.74, 6) is -0.111. The lowest BCUT2D eigenvalue weighted by Crippen LogP contribution is -2.48. The quantitative estimate of drug-likeness (QED) is 0.610. The first-order valence-electron chi connectivity index (χ1n) is 7.01. The Balaban J connectivity index is 1.68. The Morgan fingerprint density at radius 1 is 1.39 bits per heavy atom. The van der Waals surface area contributed by atoms with Gasteiger partial charge in [0.1, 0.15) is 0 Å². The molecule has 5 nitrogen and oxygen atoms in total. The molecule has 8 heteroatoms. The van der Waals surface area contributed by atoms with Crippen LogP contribution in [0.2, 0.25) is 5.02 Å². The monoisotopic (exact) mass is 410 g/mol. The van der Waals surface area contributed by atoms with Gasteiger partial charge in [0.15, 0.2) is 5.69 Å². The van der Waals surface area contributed by atoms with Crippen molar-refractivity contribution in [3.05, 3.63) is 49.8 Å². The molecule has 1 amide bonds. The SMILES string of the molecule is CN1c2cc(Br)sc2CCN1C(=O)c1cc2ccc(Cl)cn2n1. The van der Waals surface area contributed by atoms with Crippen molar-refractivity contribution >= 4 is 56.0 Å². The van der Waals surface area contributed by atoms with Gasteiger partial charge in [0.25, 0.3) is 5.91 Å². The van der Waals surface area contributed by atoms with Crippen molar-refractivity contribution in [2.75, 3.05) is 18.6 Å². The Morgan fingerprint density at radius 2 is 2.22 bits per heavy atom. The number of hydrogen-bond donors (Lipinski definition) is 0. The summed E-state index contributed by atoms with van der Waals surface area (Å²) in [6.07, 6.45) is 2.54. The Hall–Kier alpha value is -1.57. The minimum atomic E-state index is -0.111. The molecule has 0 saturated carbocycles. The van der Waals surface area contributed by atoms with Gasteiger partial charge < -0.3 is 0 Å². The van der Waals surface area contributed by atoms with E-state index in [2.05, 4.69) is 21.0 Å². The van der Waals surface area contributed by atoms with Crippen molar-refractivity contribution in [3.63, 3.8) is 0 Å². The Morgan fingerprint density at radius 3 is 3.04 bits per heavy atom. The highest BCUT2D eigenvalue weighted by molar-refractivity contribution is 9.11. The van der Waals surface area contributed by atoms with E-state index >= 15 is 0 Å². The topological polar surface area (TPSA) is 40.9 Å². The van der Waals surface area contributed by atoms with Crippen molar-refractivity contribution in [2.24, 2.45) is 0 Å². The van der Waals surface area contributed by atoms with Crippen LogP contribution >= 0.6 is 38.9 Å². The number of hydrazine groups is 1. The largest absolute Gasteiger partial charge is 0.292 e. The molecule has 0 atom stereocenters. The van der Waals surface area contributed by atoms with Crippen LogP contribution in [0, 0.1) is 0 Å². The van der Waals surface area contributed by atoms with Crippen molar-refractivity contribution in [1.29, 1.82) is 0 Å². The summed E-state index contributed by atoms with van der Waals surface area (Å²) >= 11 is 11.2. The van der Waals surface area contributed by atoms with E-state index in [1.807, 2.05) is 24.2 Å². The Bertz CT molecular complexity index is 921. The van der Waals surface area contributed by atoms with Gasteiger partial charge in [0.2, 0.25) is 0 Å². The molecule has 3 aromatic heterocycles. The molecule has 118 valence electrons. The van der Waals surface area contributed by atoms with Gasteiger partial charge in [-0.1, -0.05) is 11.6 Å². The zero-order chi connectivity index (χ0) is 16.1. The van der Waals surface area contributed by atoms with E-state index in [0.717, 1.165) is 21.4 Å². The van der Waals surface area contributed by atoms with Crippen molar-refractivity contribution in [1.82, 2.24) is 14.6 Å². The van der Waals surface area contributed by atoms with E-state index < -0.39 is 0 Å². The van der Waals surface area contributed by atoms with Gasteiger partial charge in [-0.05, 0) is 40.2 Å². The summed E-state index contributed by atoms with van der Waals surface area (Å²) in [7, 11) is 1.90. The molecule has 0 saturated heterocycles. The third kappa shape index (κ3) is 2.52. The summed E-state index contributed by atoms with van der Waals surface area (Å²) in [5, 5.41) is 8.57. The molecule has 0 unspecified atom stereocenters. The lowest BCUT2D eigenvalue weighted by atomic mass is 10.2. The van der Waals surface area contributed by atoms with E-state index in [4.69, 9.17) is 11.6 Å². The molecular formula is C15H12BrClN4OS. The number of thiophene rings is 1. The molecule has 0 spiro atoms. The third-order valence-corrected chi connectivity index (χ3v) is 5.81. The predicted molar refractivity (Wildman–Crippen MR) is 95.4 cm³/mol. The third-order valence-electron chi connectivity index (χ3n) is 3.90. The summed E-state index contributed by atoms with van der Waals surface area (Å²) in [6.45, 7) is 0.643. The van der Waals surface area contributed by atoms with Gasteiger partial charge in [-0.3, -0.25) is 9.80 Å². The molecule has 4 heterocycles. The number of rotatable bonds is 1. The fourth-order valence-corrected chi connectivity index (χ4v) is 4.62. The van der Waals surface area contributed by atoms with E-state index in [0.29, 0.717) is 17.3 Å². The number of hydrogen-bond acceptors (Lipinski definition) is 4. The molecule has 4 rings (SSSR count). The van der Waals surface area contributed by atoms with E-state index in [1.54, 1.807) is 39.2 Å². The zero-order valence-electron chi connectivity index (χ0n) is 12.2. The zero-order valence-corrected chi connectivity index (χ0v) is 15.3. The number of aromatic nitrogens is 2. The van der Waals surface area contributed by atoms with Crippen LogP contribution in [0.15, 0.2) is 34.2 Å².